The van der Waals surface area contributed by atoms with E-state index in [4.69, 9.17) is 9.15 Å². The summed E-state index contributed by atoms with van der Waals surface area (Å²) >= 11 is 0. The van der Waals surface area contributed by atoms with Gasteiger partial charge < -0.3 is 14.5 Å². The Morgan fingerprint density at radius 2 is 2.00 bits per heavy atom. The lowest BCUT2D eigenvalue weighted by atomic mass is 9.90. The van der Waals surface area contributed by atoms with Crippen LogP contribution in [0, 0.1) is 12.8 Å². The maximum absolute atomic E-state index is 5.85. The average Bonchev–Trinajstić information content (AvgIpc) is 3.22. The minimum Gasteiger partial charge on any atom is -0.464 e. The fourth-order valence-electron chi connectivity index (χ4n) is 3.06. The Morgan fingerprint density at radius 3 is 2.75 bits per heavy atom. The lowest BCUT2D eigenvalue weighted by molar-refractivity contribution is 0.0634. The predicted molar refractivity (Wildman–Crippen MR) is 79.5 cm³/mol. The summed E-state index contributed by atoms with van der Waals surface area (Å²) < 4.78 is 11.6. The van der Waals surface area contributed by atoms with Crippen molar-refractivity contribution in [1.29, 1.82) is 0 Å². The first-order valence-corrected chi connectivity index (χ1v) is 8.20. The molecule has 0 spiro atoms. The number of hydrogen-bond donors (Lipinski definition) is 1. The number of hydrogen-bond acceptors (Lipinski definition) is 3. The molecule has 0 unspecified atom stereocenters. The number of nitrogens with one attached hydrogen (secondary N) is 1. The molecule has 112 valence electrons. The Balaban J connectivity index is 1.41. The van der Waals surface area contributed by atoms with Crippen LogP contribution in [0.15, 0.2) is 10.5 Å². The van der Waals surface area contributed by atoms with Gasteiger partial charge in [-0.3, -0.25) is 0 Å². The van der Waals surface area contributed by atoms with Crippen LogP contribution in [0.4, 0.5) is 0 Å². The highest BCUT2D eigenvalue weighted by atomic mass is 16.5. The number of rotatable bonds is 7. The van der Waals surface area contributed by atoms with Crippen molar-refractivity contribution in [2.24, 2.45) is 5.92 Å². The van der Waals surface area contributed by atoms with Gasteiger partial charge in [0.2, 0.25) is 0 Å². The molecule has 2 aliphatic rings. The van der Waals surface area contributed by atoms with Crippen LogP contribution in [-0.2, 0) is 17.9 Å². The van der Waals surface area contributed by atoms with Crippen molar-refractivity contribution in [2.45, 2.75) is 71.1 Å². The van der Waals surface area contributed by atoms with Gasteiger partial charge in [0, 0.05) is 24.8 Å². The van der Waals surface area contributed by atoms with Gasteiger partial charge in [-0.2, -0.15) is 0 Å². The van der Waals surface area contributed by atoms with Gasteiger partial charge in [-0.1, -0.05) is 19.3 Å². The van der Waals surface area contributed by atoms with Gasteiger partial charge >= 0.3 is 0 Å². The molecular weight excluding hydrogens is 250 g/mol. The SMILES string of the molecule is Cc1oc(COCC2CCCCC2)cc1CNC1CC1. The summed E-state index contributed by atoms with van der Waals surface area (Å²) in [6, 6.07) is 2.90. The van der Waals surface area contributed by atoms with Crippen LogP contribution in [0.25, 0.3) is 0 Å². The van der Waals surface area contributed by atoms with E-state index in [0.29, 0.717) is 6.61 Å². The van der Waals surface area contributed by atoms with E-state index in [9.17, 15) is 0 Å². The van der Waals surface area contributed by atoms with Crippen LogP contribution in [-0.4, -0.2) is 12.6 Å². The molecule has 0 saturated heterocycles. The molecule has 1 aromatic rings. The van der Waals surface area contributed by atoms with E-state index >= 15 is 0 Å². The molecule has 1 aromatic heterocycles. The summed E-state index contributed by atoms with van der Waals surface area (Å²) in [5.74, 6) is 2.79. The molecule has 0 radical (unpaired) electrons. The molecule has 3 nitrogen and oxygen atoms in total. The van der Waals surface area contributed by atoms with Crippen LogP contribution in [0.2, 0.25) is 0 Å². The average molecular weight is 277 g/mol. The van der Waals surface area contributed by atoms with E-state index in [2.05, 4.69) is 18.3 Å². The fourth-order valence-corrected chi connectivity index (χ4v) is 3.06. The largest absolute Gasteiger partial charge is 0.464 e. The Bertz CT molecular complexity index is 417. The molecule has 1 N–H and O–H groups in total. The fraction of sp³-hybridized carbons (Fsp3) is 0.765. The molecule has 0 atom stereocenters. The van der Waals surface area contributed by atoms with Crippen molar-refractivity contribution in [3.8, 4) is 0 Å². The normalized spacial score (nSPS) is 20.4. The zero-order chi connectivity index (χ0) is 13.8. The highest BCUT2D eigenvalue weighted by molar-refractivity contribution is 5.20. The summed E-state index contributed by atoms with van der Waals surface area (Å²) in [6.45, 7) is 4.51. The zero-order valence-electron chi connectivity index (χ0n) is 12.6. The van der Waals surface area contributed by atoms with Gasteiger partial charge in [-0.15, -0.1) is 0 Å². The number of furan rings is 1. The highest BCUT2D eigenvalue weighted by Crippen LogP contribution is 2.25. The van der Waals surface area contributed by atoms with Crippen LogP contribution in [0.5, 0.6) is 0 Å². The maximum Gasteiger partial charge on any atom is 0.130 e. The first-order valence-electron chi connectivity index (χ1n) is 8.20. The van der Waals surface area contributed by atoms with Gasteiger partial charge in [0.15, 0.2) is 0 Å². The second kappa shape index (κ2) is 6.77. The lowest BCUT2D eigenvalue weighted by Crippen LogP contribution is -2.15. The predicted octanol–water partition coefficient (Wildman–Crippen LogP) is 3.94. The summed E-state index contributed by atoms with van der Waals surface area (Å²) in [4.78, 5) is 0. The van der Waals surface area contributed by atoms with E-state index in [1.807, 2.05) is 0 Å². The van der Waals surface area contributed by atoms with Crippen molar-refractivity contribution in [2.75, 3.05) is 6.61 Å². The van der Waals surface area contributed by atoms with Crippen molar-refractivity contribution in [1.82, 2.24) is 5.32 Å². The van der Waals surface area contributed by atoms with Crippen molar-refractivity contribution >= 4 is 0 Å². The standard InChI is InChI=1S/C17H27NO2/c1-13-15(10-18-16-7-8-16)9-17(20-13)12-19-11-14-5-3-2-4-6-14/h9,14,16,18H,2-8,10-12H2,1H3. The molecule has 3 heteroatoms. The third kappa shape index (κ3) is 4.10. The van der Waals surface area contributed by atoms with Crippen LogP contribution < -0.4 is 5.32 Å². The second-order valence-electron chi connectivity index (χ2n) is 6.47. The Labute approximate surface area is 122 Å². The zero-order valence-corrected chi connectivity index (χ0v) is 12.6. The van der Waals surface area contributed by atoms with Gasteiger partial charge in [0.1, 0.15) is 18.1 Å². The van der Waals surface area contributed by atoms with Crippen LogP contribution in [0.1, 0.15) is 62.0 Å². The third-order valence-electron chi connectivity index (χ3n) is 4.55. The first-order chi connectivity index (χ1) is 9.81. The molecule has 3 rings (SSSR count). The molecule has 2 aliphatic carbocycles. The van der Waals surface area contributed by atoms with Crippen LogP contribution >= 0.6 is 0 Å². The Morgan fingerprint density at radius 1 is 1.20 bits per heavy atom. The van der Waals surface area contributed by atoms with Gasteiger partial charge in [0.25, 0.3) is 0 Å². The quantitative estimate of drug-likeness (QED) is 0.820. The summed E-state index contributed by atoms with van der Waals surface area (Å²) in [5.41, 5.74) is 1.29. The molecule has 0 bridgehead atoms. The van der Waals surface area contributed by atoms with Gasteiger partial charge in [-0.05, 0) is 44.6 Å². The topological polar surface area (TPSA) is 34.4 Å². The van der Waals surface area contributed by atoms with E-state index < -0.39 is 0 Å². The minimum absolute atomic E-state index is 0.626. The minimum atomic E-state index is 0.626. The number of ether oxygens (including phenoxy) is 1. The molecule has 0 aromatic carbocycles. The molecule has 2 fully saturated rings. The Kier molecular flexibility index (Phi) is 4.79. The van der Waals surface area contributed by atoms with Crippen LogP contribution in [0.3, 0.4) is 0 Å². The molecule has 20 heavy (non-hydrogen) atoms. The van der Waals surface area contributed by atoms with E-state index in [0.717, 1.165) is 36.6 Å². The Hall–Kier alpha value is -0.800. The molecule has 0 aliphatic heterocycles. The van der Waals surface area contributed by atoms with E-state index in [1.54, 1.807) is 0 Å². The summed E-state index contributed by atoms with van der Waals surface area (Å²) in [5, 5.41) is 3.53. The monoisotopic (exact) mass is 277 g/mol. The molecule has 0 amide bonds. The second-order valence-corrected chi connectivity index (χ2v) is 6.47. The lowest BCUT2D eigenvalue weighted by Gasteiger charge is -2.20. The summed E-state index contributed by atoms with van der Waals surface area (Å²) in [6.07, 6.45) is 9.50. The molecular formula is C17H27NO2. The number of aryl methyl sites for hydroxylation is 1. The van der Waals surface area contributed by atoms with Crippen molar-refractivity contribution in [3.05, 3.63) is 23.2 Å². The first kappa shape index (κ1) is 14.2. The smallest absolute Gasteiger partial charge is 0.130 e. The van der Waals surface area contributed by atoms with Gasteiger partial charge in [-0.25, -0.2) is 0 Å². The van der Waals surface area contributed by atoms with Crippen molar-refractivity contribution in [3.63, 3.8) is 0 Å². The van der Waals surface area contributed by atoms with E-state index in [-0.39, 0.29) is 0 Å². The van der Waals surface area contributed by atoms with E-state index in [1.165, 1.54) is 50.5 Å². The third-order valence-corrected chi connectivity index (χ3v) is 4.55. The van der Waals surface area contributed by atoms with Crippen molar-refractivity contribution < 1.29 is 9.15 Å². The highest BCUT2D eigenvalue weighted by Gasteiger charge is 2.21. The van der Waals surface area contributed by atoms with Gasteiger partial charge in [0.05, 0.1) is 0 Å². The maximum atomic E-state index is 5.85. The molecule has 2 saturated carbocycles. The molecule has 1 heterocycles. The summed E-state index contributed by atoms with van der Waals surface area (Å²) in [7, 11) is 0.